The molecule has 1 heterocycles. The van der Waals surface area contributed by atoms with Gasteiger partial charge in [0.25, 0.3) is 5.56 Å². The standard InChI is InChI=1S/C10H15N3O3/c1-10(2,3)16-9(15)13(4)8-11-6-5-7(14)12-8/h5-6H,1-4H3,(H,11,12,14). The normalized spacial score (nSPS) is 11.0. The highest BCUT2D eigenvalue weighted by molar-refractivity contribution is 5.84. The molecule has 1 rings (SSSR count). The number of carbonyl (C=O) groups excluding carboxylic acids is 1. The number of aromatic nitrogens is 2. The Kier molecular flexibility index (Phi) is 3.31. The molecule has 0 saturated heterocycles. The van der Waals surface area contributed by atoms with E-state index < -0.39 is 11.7 Å². The maximum Gasteiger partial charge on any atom is 0.416 e. The van der Waals surface area contributed by atoms with Gasteiger partial charge in [0, 0.05) is 19.3 Å². The number of carbonyl (C=O) groups is 1. The summed E-state index contributed by atoms with van der Waals surface area (Å²) in [6.07, 6.45) is 0.761. The fraction of sp³-hybridized carbons (Fsp3) is 0.500. The molecule has 0 unspecified atom stereocenters. The maximum atomic E-state index is 11.6. The van der Waals surface area contributed by atoms with Gasteiger partial charge in [0.15, 0.2) is 0 Å². The van der Waals surface area contributed by atoms with Crippen molar-refractivity contribution in [1.29, 1.82) is 0 Å². The van der Waals surface area contributed by atoms with E-state index >= 15 is 0 Å². The van der Waals surface area contributed by atoms with Gasteiger partial charge in [-0.05, 0) is 20.8 Å². The Balaban J connectivity index is 2.82. The molecule has 0 radical (unpaired) electrons. The molecule has 16 heavy (non-hydrogen) atoms. The summed E-state index contributed by atoms with van der Waals surface area (Å²) in [7, 11) is 1.48. The first kappa shape index (κ1) is 12.2. The van der Waals surface area contributed by atoms with E-state index in [0.717, 1.165) is 4.90 Å². The maximum absolute atomic E-state index is 11.6. The molecule has 6 nitrogen and oxygen atoms in total. The summed E-state index contributed by atoms with van der Waals surface area (Å²) >= 11 is 0. The largest absolute Gasteiger partial charge is 0.443 e. The second kappa shape index (κ2) is 4.34. The average molecular weight is 225 g/mol. The summed E-state index contributed by atoms with van der Waals surface area (Å²) in [5.41, 5.74) is -0.902. The van der Waals surface area contributed by atoms with E-state index in [1.165, 1.54) is 19.3 Å². The molecule has 1 aromatic rings. The Bertz CT molecular complexity index is 433. The summed E-state index contributed by atoms with van der Waals surface area (Å²) in [6.45, 7) is 5.29. The van der Waals surface area contributed by atoms with Gasteiger partial charge in [-0.25, -0.2) is 9.78 Å². The smallest absolute Gasteiger partial charge is 0.416 e. The van der Waals surface area contributed by atoms with Crippen LogP contribution in [0.2, 0.25) is 0 Å². The van der Waals surface area contributed by atoms with Crippen LogP contribution in [0.15, 0.2) is 17.1 Å². The highest BCUT2D eigenvalue weighted by Crippen LogP contribution is 2.11. The molecule has 88 valence electrons. The van der Waals surface area contributed by atoms with Gasteiger partial charge in [0.05, 0.1) is 0 Å². The van der Waals surface area contributed by atoms with E-state index in [2.05, 4.69) is 9.97 Å². The van der Waals surface area contributed by atoms with E-state index in [0.29, 0.717) is 0 Å². The van der Waals surface area contributed by atoms with E-state index in [1.807, 2.05) is 0 Å². The van der Waals surface area contributed by atoms with Crippen molar-refractivity contribution in [3.8, 4) is 0 Å². The number of anilines is 1. The summed E-state index contributed by atoms with van der Waals surface area (Å²) in [5.74, 6) is 0.154. The number of nitrogens with zero attached hydrogens (tertiary/aromatic N) is 2. The van der Waals surface area contributed by atoms with Crippen LogP contribution < -0.4 is 10.5 Å². The van der Waals surface area contributed by atoms with Crippen molar-refractivity contribution in [1.82, 2.24) is 9.97 Å². The van der Waals surface area contributed by atoms with E-state index in [9.17, 15) is 9.59 Å². The van der Waals surface area contributed by atoms with E-state index in [4.69, 9.17) is 4.74 Å². The lowest BCUT2D eigenvalue weighted by atomic mass is 10.2. The van der Waals surface area contributed by atoms with Crippen molar-refractivity contribution in [2.45, 2.75) is 26.4 Å². The number of aromatic amines is 1. The predicted molar refractivity (Wildman–Crippen MR) is 59.5 cm³/mol. The van der Waals surface area contributed by atoms with Gasteiger partial charge < -0.3 is 4.74 Å². The fourth-order valence-electron chi connectivity index (χ4n) is 0.947. The topological polar surface area (TPSA) is 75.3 Å². The first-order valence-corrected chi connectivity index (χ1v) is 4.81. The molecule has 0 aromatic carbocycles. The van der Waals surface area contributed by atoms with Crippen LogP contribution in [0.4, 0.5) is 10.7 Å². The highest BCUT2D eigenvalue weighted by Gasteiger charge is 2.21. The molecule has 1 amide bonds. The van der Waals surface area contributed by atoms with Crippen molar-refractivity contribution in [3.63, 3.8) is 0 Å². The molecule has 0 aliphatic carbocycles. The van der Waals surface area contributed by atoms with Gasteiger partial charge in [-0.1, -0.05) is 0 Å². The van der Waals surface area contributed by atoms with Gasteiger partial charge >= 0.3 is 6.09 Å². The molecule has 0 aliphatic heterocycles. The number of H-pyrrole nitrogens is 1. The fourth-order valence-corrected chi connectivity index (χ4v) is 0.947. The number of nitrogens with one attached hydrogen (secondary N) is 1. The molecule has 0 saturated carbocycles. The molecule has 0 bridgehead atoms. The van der Waals surface area contributed by atoms with E-state index in [1.54, 1.807) is 20.8 Å². The van der Waals surface area contributed by atoms with Crippen molar-refractivity contribution in [2.75, 3.05) is 11.9 Å². The Hall–Kier alpha value is -1.85. The number of amides is 1. The first-order valence-electron chi connectivity index (χ1n) is 4.81. The first-order chi connectivity index (χ1) is 7.29. The van der Waals surface area contributed by atoms with Crippen LogP contribution in [-0.4, -0.2) is 28.7 Å². The molecule has 1 aromatic heterocycles. The molecule has 0 aliphatic rings. The van der Waals surface area contributed by atoms with Gasteiger partial charge in [-0.3, -0.25) is 14.7 Å². The van der Waals surface area contributed by atoms with Gasteiger partial charge in [0.2, 0.25) is 5.95 Å². The third kappa shape index (κ3) is 3.38. The SMILES string of the molecule is CN(C(=O)OC(C)(C)C)c1nccc(=O)[nH]1. The number of hydrogen-bond acceptors (Lipinski definition) is 4. The molecular formula is C10H15N3O3. The molecule has 6 heteroatoms. The van der Waals surface area contributed by atoms with Crippen LogP contribution in [0.3, 0.4) is 0 Å². The van der Waals surface area contributed by atoms with Gasteiger partial charge in [-0.2, -0.15) is 0 Å². The van der Waals surface area contributed by atoms with Gasteiger partial charge in [0.1, 0.15) is 5.60 Å². The lowest BCUT2D eigenvalue weighted by Gasteiger charge is -2.23. The minimum Gasteiger partial charge on any atom is -0.443 e. The minimum absolute atomic E-state index is 0.154. The van der Waals surface area contributed by atoms with Crippen LogP contribution in [0.1, 0.15) is 20.8 Å². The lowest BCUT2D eigenvalue weighted by Crippen LogP contribution is -2.35. The zero-order valence-electron chi connectivity index (χ0n) is 9.77. The Morgan fingerprint density at radius 2 is 2.12 bits per heavy atom. The zero-order valence-corrected chi connectivity index (χ0v) is 9.77. The van der Waals surface area contributed by atoms with Crippen LogP contribution >= 0.6 is 0 Å². The molecule has 1 N–H and O–H groups in total. The van der Waals surface area contributed by atoms with Crippen LogP contribution in [0.25, 0.3) is 0 Å². The number of ether oxygens (including phenoxy) is 1. The molecule has 0 atom stereocenters. The Labute approximate surface area is 93.3 Å². The number of hydrogen-bond donors (Lipinski definition) is 1. The third-order valence-electron chi connectivity index (χ3n) is 1.64. The van der Waals surface area contributed by atoms with E-state index in [-0.39, 0.29) is 11.5 Å². The summed E-state index contributed by atoms with van der Waals surface area (Å²) < 4.78 is 5.12. The van der Waals surface area contributed by atoms with Gasteiger partial charge in [-0.15, -0.1) is 0 Å². The van der Waals surface area contributed by atoms with Crippen LogP contribution in [0.5, 0.6) is 0 Å². The molecular weight excluding hydrogens is 210 g/mol. The molecule has 0 spiro atoms. The summed E-state index contributed by atoms with van der Waals surface area (Å²) in [4.78, 5) is 30.1. The van der Waals surface area contributed by atoms with Crippen LogP contribution in [-0.2, 0) is 4.74 Å². The Morgan fingerprint density at radius 3 is 2.62 bits per heavy atom. The second-order valence-electron chi connectivity index (χ2n) is 4.30. The summed E-state index contributed by atoms with van der Waals surface area (Å²) in [5, 5.41) is 0. The monoisotopic (exact) mass is 225 g/mol. The highest BCUT2D eigenvalue weighted by atomic mass is 16.6. The van der Waals surface area contributed by atoms with Crippen molar-refractivity contribution >= 4 is 12.0 Å². The third-order valence-corrected chi connectivity index (χ3v) is 1.64. The second-order valence-corrected chi connectivity index (χ2v) is 4.30. The molecule has 0 fully saturated rings. The Morgan fingerprint density at radius 1 is 1.50 bits per heavy atom. The zero-order chi connectivity index (χ0) is 12.3. The lowest BCUT2D eigenvalue weighted by molar-refractivity contribution is 0.0587. The van der Waals surface area contributed by atoms with Crippen molar-refractivity contribution < 1.29 is 9.53 Å². The average Bonchev–Trinajstić information content (AvgIpc) is 2.14. The minimum atomic E-state index is -0.583. The quantitative estimate of drug-likeness (QED) is 0.777. The van der Waals surface area contributed by atoms with Crippen molar-refractivity contribution in [2.24, 2.45) is 0 Å². The van der Waals surface area contributed by atoms with Crippen LogP contribution in [0, 0.1) is 0 Å². The predicted octanol–water partition coefficient (Wildman–Crippen LogP) is 1.14. The summed E-state index contributed by atoms with van der Waals surface area (Å²) in [6, 6.07) is 1.27. The van der Waals surface area contributed by atoms with Crippen molar-refractivity contribution in [3.05, 3.63) is 22.6 Å². The number of rotatable bonds is 1.